The lowest BCUT2D eigenvalue weighted by molar-refractivity contribution is -0.137. The van der Waals surface area contributed by atoms with E-state index in [9.17, 15) is 9.59 Å². The number of carboxylic acid groups (broad SMARTS) is 1. The third-order valence-corrected chi connectivity index (χ3v) is 2.66. The van der Waals surface area contributed by atoms with E-state index >= 15 is 0 Å². The molecular formula is C11H20N2O3. The number of aliphatic carboxylic acids is 1. The van der Waals surface area contributed by atoms with Gasteiger partial charge in [-0.2, -0.15) is 0 Å². The van der Waals surface area contributed by atoms with Gasteiger partial charge in [0, 0.05) is 20.1 Å². The van der Waals surface area contributed by atoms with Crippen molar-refractivity contribution in [1.82, 2.24) is 9.80 Å². The van der Waals surface area contributed by atoms with Crippen molar-refractivity contribution in [2.75, 3.05) is 26.7 Å². The Morgan fingerprint density at radius 2 is 2.00 bits per heavy atom. The van der Waals surface area contributed by atoms with E-state index in [1.165, 1.54) is 4.90 Å². The maximum absolute atomic E-state index is 11.9. The number of urea groups is 1. The van der Waals surface area contributed by atoms with Gasteiger partial charge in [-0.3, -0.25) is 4.79 Å². The molecule has 5 nitrogen and oxygen atoms in total. The maximum Gasteiger partial charge on any atom is 0.323 e. The summed E-state index contributed by atoms with van der Waals surface area (Å²) in [5.41, 5.74) is 0. The summed E-state index contributed by atoms with van der Waals surface area (Å²) in [5, 5.41) is 8.77. The molecule has 92 valence electrons. The van der Waals surface area contributed by atoms with Crippen LogP contribution in [-0.4, -0.2) is 53.6 Å². The number of rotatable bonds is 6. The molecule has 1 N–H and O–H groups in total. The Kier molecular flexibility index (Phi) is 4.58. The molecule has 0 saturated heterocycles. The lowest BCUT2D eigenvalue weighted by atomic mass is 10.3. The fourth-order valence-corrected chi connectivity index (χ4v) is 1.66. The van der Waals surface area contributed by atoms with Crippen molar-refractivity contribution in [3.8, 4) is 0 Å². The predicted molar refractivity (Wildman–Crippen MR) is 60.2 cm³/mol. The molecule has 1 aliphatic rings. The van der Waals surface area contributed by atoms with Crippen LogP contribution >= 0.6 is 0 Å². The van der Waals surface area contributed by atoms with Crippen LogP contribution in [0, 0.1) is 5.92 Å². The largest absolute Gasteiger partial charge is 0.480 e. The third kappa shape index (κ3) is 4.08. The first-order chi connectivity index (χ1) is 7.54. The van der Waals surface area contributed by atoms with Gasteiger partial charge in [-0.25, -0.2) is 4.79 Å². The van der Waals surface area contributed by atoms with E-state index in [2.05, 4.69) is 0 Å². The molecule has 0 spiro atoms. The van der Waals surface area contributed by atoms with E-state index in [-0.39, 0.29) is 12.6 Å². The zero-order valence-corrected chi connectivity index (χ0v) is 9.98. The highest BCUT2D eigenvalue weighted by atomic mass is 16.4. The molecule has 0 unspecified atom stereocenters. The molecule has 0 radical (unpaired) electrons. The van der Waals surface area contributed by atoms with Crippen LogP contribution in [0.2, 0.25) is 0 Å². The molecule has 0 heterocycles. The van der Waals surface area contributed by atoms with E-state index in [1.807, 2.05) is 6.92 Å². The zero-order chi connectivity index (χ0) is 12.1. The van der Waals surface area contributed by atoms with Gasteiger partial charge in [0.15, 0.2) is 0 Å². The average molecular weight is 228 g/mol. The molecule has 16 heavy (non-hydrogen) atoms. The van der Waals surface area contributed by atoms with Crippen LogP contribution < -0.4 is 0 Å². The fraction of sp³-hybridized carbons (Fsp3) is 0.818. The Morgan fingerprint density at radius 1 is 1.38 bits per heavy atom. The number of hydrogen-bond acceptors (Lipinski definition) is 2. The molecule has 0 aromatic heterocycles. The molecule has 0 aromatic carbocycles. The van der Waals surface area contributed by atoms with E-state index in [4.69, 9.17) is 5.11 Å². The smallest absolute Gasteiger partial charge is 0.323 e. The van der Waals surface area contributed by atoms with Crippen LogP contribution in [0.1, 0.15) is 26.2 Å². The molecular weight excluding hydrogens is 208 g/mol. The minimum atomic E-state index is -0.945. The maximum atomic E-state index is 11.9. The molecule has 1 aliphatic carbocycles. The van der Waals surface area contributed by atoms with Crippen LogP contribution in [0.25, 0.3) is 0 Å². The third-order valence-electron chi connectivity index (χ3n) is 2.66. The van der Waals surface area contributed by atoms with E-state index < -0.39 is 5.97 Å². The summed E-state index contributed by atoms with van der Waals surface area (Å²) in [6, 6.07) is -0.170. The summed E-state index contributed by atoms with van der Waals surface area (Å²) in [6.07, 6.45) is 3.11. The van der Waals surface area contributed by atoms with Gasteiger partial charge >= 0.3 is 12.0 Å². The van der Waals surface area contributed by atoms with Crippen molar-refractivity contribution < 1.29 is 14.7 Å². The van der Waals surface area contributed by atoms with Crippen LogP contribution in [0.4, 0.5) is 4.79 Å². The predicted octanol–water partition coefficient (Wildman–Crippen LogP) is 1.24. The van der Waals surface area contributed by atoms with Gasteiger partial charge in [0.25, 0.3) is 0 Å². The molecule has 2 amide bonds. The first-order valence-corrected chi connectivity index (χ1v) is 5.76. The monoisotopic (exact) mass is 228 g/mol. The molecule has 0 bridgehead atoms. The molecule has 5 heteroatoms. The first kappa shape index (κ1) is 12.8. The SMILES string of the molecule is CCCN(C)C(=O)N(CC(=O)O)CC1CC1. The van der Waals surface area contributed by atoms with Gasteiger partial charge in [-0.05, 0) is 25.2 Å². The summed E-state index contributed by atoms with van der Waals surface area (Å²) in [6.45, 7) is 3.05. The van der Waals surface area contributed by atoms with Crippen LogP contribution in [-0.2, 0) is 4.79 Å². The Morgan fingerprint density at radius 3 is 2.44 bits per heavy atom. The molecule has 1 rings (SSSR count). The van der Waals surface area contributed by atoms with Gasteiger partial charge < -0.3 is 14.9 Å². The number of amides is 2. The molecule has 0 atom stereocenters. The second kappa shape index (κ2) is 5.72. The van der Waals surface area contributed by atoms with Gasteiger partial charge in [0.2, 0.25) is 0 Å². The Bertz CT molecular complexity index is 264. The number of hydrogen-bond donors (Lipinski definition) is 1. The van der Waals surface area contributed by atoms with E-state index in [0.717, 1.165) is 19.3 Å². The topological polar surface area (TPSA) is 60.9 Å². The van der Waals surface area contributed by atoms with Crippen molar-refractivity contribution >= 4 is 12.0 Å². The normalized spacial score (nSPS) is 14.6. The minimum Gasteiger partial charge on any atom is -0.480 e. The molecule has 0 aromatic rings. The second-order valence-corrected chi connectivity index (χ2v) is 4.42. The summed E-state index contributed by atoms with van der Waals surface area (Å²) >= 11 is 0. The zero-order valence-electron chi connectivity index (χ0n) is 9.98. The lowest BCUT2D eigenvalue weighted by Gasteiger charge is -2.26. The highest BCUT2D eigenvalue weighted by Gasteiger charge is 2.29. The van der Waals surface area contributed by atoms with Crippen LogP contribution in [0.3, 0.4) is 0 Å². The van der Waals surface area contributed by atoms with Crippen molar-refractivity contribution in [1.29, 1.82) is 0 Å². The average Bonchev–Trinajstić information content (AvgIpc) is 2.99. The summed E-state index contributed by atoms with van der Waals surface area (Å²) < 4.78 is 0. The number of nitrogens with zero attached hydrogens (tertiary/aromatic N) is 2. The Hall–Kier alpha value is -1.26. The highest BCUT2D eigenvalue weighted by Crippen LogP contribution is 2.29. The van der Waals surface area contributed by atoms with Crippen LogP contribution in [0.15, 0.2) is 0 Å². The molecule has 0 aliphatic heterocycles. The lowest BCUT2D eigenvalue weighted by Crippen LogP contribution is -2.44. The fourth-order valence-electron chi connectivity index (χ4n) is 1.66. The summed E-state index contributed by atoms with van der Waals surface area (Å²) in [7, 11) is 1.72. The molecule has 1 saturated carbocycles. The van der Waals surface area contributed by atoms with Crippen molar-refractivity contribution in [2.45, 2.75) is 26.2 Å². The van der Waals surface area contributed by atoms with Gasteiger partial charge in [-0.1, -0.05) is 6.92 Å². The van der Waals surface area contributed by atoms with E-state index in [1.54, 1.807) is 11.9 Å². The van der Waals surface area contributed by atoms with Gasteiger partial charge in [0.1, 0.15) is 6.54 Å². The van der Waals surface area contributed by atoms with Gasteiger partial charge in [0.05, 0.1) is 0 Å². The Balaban J connectivity index is 2.51. The van der Waals surface area contributed by atoms with E-state index in [0.29, 0.717) is 19.0 Å². The quantitative estimate of drug-likeness (QED) is 0.744. The number of carbonyl (C=O) groups excluding carboxylic acids is 1. The first-order valence-electron chi connectivity index (χ1n) is 5.76. The minimum absolute atomic E-state index is 0.170. The molecule has 1 fully saturated rings. The highest BCUT2D eigenvalue weighted by molar-refractivity contribution is 5.80. The van der Waals surface area contributed by atoms with Crippen molar-refractivity contribution in [3.05, 3.63) is 0 Å². The second-order valence-electron chi connectivity index (χ2n) is 4.42. The van der Waals surface area contributed by atoms with Crippen LogP contribution in [0.5, 0.6) is 0 Å². The standard InChI is InChI=1S/C11H20N2O3/c1-3-6-12(2)11(16)13(8-10(14)15)7-9-4-5-9/h9H,3-8H2,1-2H3,(H,14,15). The summed E-state index contributed by atoms with van der Waals surface area (Å²) in [4.78, 5) is 25.6. The van der Waals surface area contributed by atoms with Crippen molar-refractivity contribution in [2.24, 2.45) is 5.92 Å². The Labute approximate surface area is 96.0 Å². The van der Waals surface area contributed by atoms with Gasteiger partial charge in [-0.15, -0.1) is 0 Å². The van der Waals surface area contributed by atoms with Crippen molar-refractivity contribution in [3.63, 3.8) is 0 Å². The summed E-state index contributed by atoms with van der Waals surface area (Å²) in [5.74, 6) is -0.433. The number of carboxylic acids is 1. The number of carbonyl (C=O) groups is 2.